The lowest BCUT2D eigenvalue weighted by Gasteiger charge is -2.09. The average Bonchev–Trinajstić information content (AvgIpc) is 2.45. The molecule has 0 aliphatic carbocycles. The summed E-state index contributed by atoms with van der Waals surface area (Å²) in [4.78, 5) is 8.93. The molecule has 0 bridgehead atoms. The van der Waals surface area contributed by atoms with Crippen LogP contribution in [0.25, 0.3) is 11.4 Å². The van der Waals surface area contributed by atoms with Gasteiger partial charge in [-0.1, -0.05) is 13.3 Å². The van der Waals surface area contributed by atoms with Crippen LogP contribution in [-0.2, 0) is 6.42 Å². The van der Waals surface area contributed by atoms with Gasteiger partial charge in [0.2, 0.25) is 0 Å². The predicted molar refractivity (Wildman–Crippen MR) is 84.7 cm³/mol. The lowest BCUT2D eigenvalue weighted by Crippen LogP contribution is -2.03. The summed E-state index contributed by atoms with van der Waals surface area (Å²) in [6, 6.07) is 7.73. The number of nitrogens with zero attached hydrogens (tertiary/aromatic N) is 2. The van der Waals surface area contributed by atoms with Gasteiger partial charge in [0.15, 0.2) is 5.82 Å². The van der Waals surface area contributed by atoms with Crippen LogP contribution in [0.3, 0.4) is 0 Å². The van der Waals surface area contributed by atoms with Gasteiger partial charge in [0.25, 0.3) is 0 Å². The van der Waals surface area contributed by atoms with Gasteiger partial charge in [-0.15, -0.1) is 0 Å². The van der Waals surface area contributed by atoms with Crippen LogP contribution in [0.2, 0.25) is 0 Å². The maximum absolute atomic E-state index is 5.94. The Labute approximate surface area is 127 Å². The van der Waals surface area contributed by atoms with E-state index in [0.29, 0.717) is 18.2 Å². The lowest BCUT2D eigenvalue weighted by molar-refractivity contribution is 0.340. The molecule has 0 unspecified atom stereocenters. The zero-order chi connectivity index (χ0) is 14.5. The van der Waals surface area contributed by atoms with E-state index in [1.807, 2.05) is 31.2 Å². The number of aryl methyl sites for hydroxylation is 1. The Kier molecular flexibility index (Phi) is 4.95. The molecule has 0 radical (unpaired) electrons. The van der Waals surface area contributed by atoms with Crippen LogP contribution in [0.15, 0.2) is 28.7 Å². The second-order valence-electron chi connectivity index (χ2n) is 4.40. The molecular weight excluding hydrogens is 318 g/mol. The van der Waals surface area contributed by atoms with E-state index in [-0.39, 0.29) is 0 Å². The zero-order valence-electron chi connectivity index (χ0n) is 11.7. The third-order valence-corrected chi connectivity index (χ3v) is 3.72. The molecule has 0 atom stereocenters. The lowest BCUT2D eigenvalue weighted by atomic mass is 10.2. The van der Waals surface area contributed by atoms with Crippen LogP contribution in [-0.4, -0.2) is 16.6 Å². The second-order valence-corrected chi connectivity index (χ2v) is 5.19. The molecule has 1 aromatic heterocycles. The van der Waals surface area contributed by atoms with Gasteiger partial charge in [-0.2, -0.15) is 0 Å². The fourth-order valence-electron chi connectivity index (χ4n) is 1.91. The third kappa shape index (κ3) is 3.28. The summed E-state index contributed by atoms with van der Waals surface area (Å²) >= 11 is 3.45. The molecule has 4 nitrogen and oxygen atoms in total. The Morgan fingerprint density at radius 1 is 1.15 bits per heavy atom. The van der Waals surface area contributed by atoms with Gasteiger partial charge in [0.05, 0.1) is 16.8 Å². The van der Waals surface area contributed by atoms with Gasteiger partial charge in [0, 0.05) is 5.56 Å². The van der Waals surface area contributed by atoms with E-state index in [2.05, 4.69) is 32.8 Å². The van der Waals surface area contributed by atoms with Gasteiger partial charge in [-0.25, -0.2) is 9.97 Å². The Balaban J connectivity index is 2.36. The summed E-state index contributed by atoms with van der Waals surface area (Å²) in [6.07, 6.45) is 1.88. The summed E-state index contributed by atoms with van der Waals surface area (Å²) in [5.41, 5.74) is 7.83. The fourth-order valence-corrected chi connectivity index (χ4v) is 2.29. The average molecular weight is 336 g/mol. The molecule has 0 saturated carbocycles. The maximum Gasteiger partial charge on any atom is 0.161 e. The van der Waals surface area contributed by atoms with Gasteiger partial charge < -0.3 is 10.5 Å². The van der Waals surface area contributed by atoms with Crippen LogP contribution in [0.1, 0.15) is 26.0 Å². The molecule has 0 amide bonds. The van der Waals surface area contributed by atoms with Crippen LogP contribution in [0.4, 0.5) is 5.82 Å². The number of anilines is 1. The topological polar surface area (TPSA) is 61.0 Å². The van der Waals surface area contributed by atoms with E-state index in [4.69, 9.17) is 10.5 Å². The molecule has 0 aliphatic heterocycles. The maximum atomic E-state index is 5.94. The highest BCUT2D eigenvalue weighted by atomic mass is 79.9. The highest BCUT2D eigenvalue weighted by Gasteiger charge is 2.11. The first-order valence-corrected chi connectivity index (χ1v) is 7.50. The van der Waals surface area contributed by atoms with Crippen molar-refractivity contribution in [3.05, 3.63) is 34.4 Å². The number of aromatic nitrogens is 2. The number of rotatable bonds is 5. The molecule has 2 aromatic rings. The first-order valence-electron chi connectivity index (χ1n) is 6.70. The molecule has 106 valence electrons. The van der Waals surface area contributed by atoms with E-state index in [1.54, 1.807) is 0 Å². The van der Waals surface area contributed by atoms with Crippen LogP contribution < -0.4 is 10.5 Å². The highest BCUT2D eigenvalue weighted by molar-refractivity contribution is 9.10. The van der Waals surface area contributed by atoms with Crippen LogP contribution >= 0.6 is 15.9 Å². The number of nitrogen functional groups attached to an aromatic ring is 1. The fraction of sp³-hybridized carbons (Fsp3) is 0.333. The summed E-state index contributed by atoms with van der Waals surface area (Å²) in [6.45, 7) is 4.73. The van der Waals surface area contributed by atoms with Crippen molar-refractivity contribution >= 4 is 21.7 Å². The summed E-state index contributed by atoms with van der Waals surface area (Å²) < 4.78 is 6.23. The van der Waals surface area contributed by atoms with Crippen molar-refractivity contribution in [3.8, 4) is 17.1 Å². The van der Waals surface area contributed by atoms with Crippen molar-refractivity contribution in [2.24, 2.45) is 0 Å². The van der Waals surface area contributed by atoms with Crippen molar-refractivity contribution in [2.75, 3.05) is 12.3 Å². The van der Waals surface area contributed by atoms with E-state index in [0.717, 1.165) is 34.3 Å². The molecule has 20 heavy (non-hydrogen) atoms. The van der Waals surface area contributed by atoms with Crippen molar-refractivity contribution in [3.63, 3.8) is 0 Å². The normalized spacial score (nSPS) is 10.6. The standard InChI is InChI=1S/C15H18BrN3O/c1-3-5-12-13(16)14(17)19-15(18-12)10-6-8-11(9-7-10)20-4-2/h6-9H,3-5H2,1-2H3,(H2,17,18,19). The van der Waals surface area contributed by atoms with Crippen molar-refractivity contribution in [1.82, 2.24) is 9.97 Å². The van der Waals surface area contributed by atoms with E-state index in [9.17, 15) is 0 Å². The zero-order valence-corrected chi connectivity index (χ0v) is 13.3. The number of ether oxygens (including phenoxy) is 1. The Morgan fingerprint density at radius 2 is 1.85 bits per heavy atom. The van der Waals surface area contributed by atoms with Crippen molar-refractivity contribution in [1.29, 1.82) is 0 Å². The smallest absolute Gasteiger partial charge is 0.161 e. The monoisotopic (exact) mass is 335 g/mol. The first kappa shape index (κ1) is 14.8. The summed E-state index contributed by atoms with van der Waals surface area (Å²) in [5, 5.41) is 0. The molecule has 0 spiro atoms. The molecule has 0 saturated heterocycles. The molecule has 2 N–H and O–H groups in total. The van der Waals surface area contributed by atoms with E-state index in [1.165, 1.54) is 0 Å². The van der Waals surface area contributed by atoms with Gasteiger partial charge >= 0.3 is 0 Å². The van der Waals surface area contributed by atoms with Crippen molar-refractivity contribution in [2.45, 2.75) is 26.7 Å². The molecule has 5 heteroatoms. The second kappa shape index (κ2) is 6.70. The predicted octanol–water partition coefficient (Wildman–Crippen LogP) is 3.84. The van der Waals surface area contributed by atoms with Gasteiger partial charge in [-0.3, -0.25) is 0 Å². The third-order valence-electron chi connectivity index (χ3n) is 2.86. The number of nitrogens with two attached hydrogens (primary N) is 1. The Morgan fingerprint density at radius 3 is 2.45 bits per heavy atom. The van der Waals surface area contributed by atoms with Gasteiger partial charge in [0.1, 0.15) is 11.6 Å². The Hall–Kier alpha value is -1.62. The number of hydrogen-bond donors (Lipinski definition) is 1. The minimum absolute atomic E-state index is 0.479. The molecular formula is C15H18BrN3O. The SMILES string of the molecule is CCCc1nc(-c2ccc(OCC)cc2)nc(N)c1Br. The first-order chi connectivity index (χ1) is 9.65. The Bertz CT molecular complexity index is 584. The largest absolute Gasteiger partial charge is 0.494 e. The molecule has 2 rings (SSSR count). The highest BCUT2D eigenvalue weighted by Crippen LogP contribution is 2.27. The van der Waals surface area contributed by atoms with E-state index >= 15 is 0 Å². The quantitative estimate of drug-likeness (QED) is 0.901. The number of benzene rings is 1. The summed E-state index contributed by atoms with van der Waals surface area (Å²) in [7, 11) is 0. The molecule has 0 fully saturated rings. The number of hydrogen-bond acceptors (Lipinski definition) is 4. The minimum Gasteiger partial charge on any atom is -0.494 e. The van der Waals surface area contributed by atoms with Gasteiger partial charge in [-0.05, 0) is 53.5 Å². The minimum atomic E-state index is 0.479. The number of halogens is 1. The van der Waals surface area contributed by atoms with E-state index < -0.39 is 0 Å². The molecule has 0 aliphatic rings. The van der Waals surface area contributed by atoms with Crippen molar-refractivity contribution < 1.29 is 4.74 Å². The molecule has 1 aromatic carbocycles. The summed E-state index contributed by atoms with van der Waals surface area (Å²) in [5.74, 6) is 1.97. The van der Waals surface area contributed by atoms with Crippen LogP contribution in [0, 0.1) is 0 Å². The molecule has 1 heterocycles. The van der Waals surface area contributed by atoms with Crippen LogP contribution in [0.5, 0.6) is 5.75 Å².